The van der Waals surface area contributed by atoms with Crippen molar-refractivity contribution in [3.05, 3.63) is 41.6 Å². The lowest BCUT2D eigenvalue weighted by Gasteiger charge is -2.33. The Balaban J connectivity index is 1.77. The lowest BCUT2D eigenvalue weighted by Crippen LogP contribution is -2.44. The number of pyridine rings is 1. The SMILES string of the molecule is COc1cc(C)c(S(=O)(=O)Nc2ccc(N3CCN(C)CC3)nc2)cc1C. The Hall–Kier alpha value is -2.32. The van der Waals surface area contributed by atoms with Crippen molar-refractivity contribution in [3.8, 4) is 5.75 Å². The molecule has 1 aliphatic heterocycles. The summed E-state index contributed by atoms with van der Waals surface area (Å²) in [6.07, 6.45) is 1.57. The molecule has 3 rings (SSSR count). The molecule has 1 aromatic carbocycles. The van der Waals surface area contributed by atoms with Crippen LogP contribution in [0.25, 0.3) is 0 Å². The summed E-state index contributed by atoms with van der Waals surface area (Å²) < 4.78 is 33.5. The van der Waals surface area contributed by atoms with Crippen LogP contribution in [0.4, 0.5) is 11.5 Å². The average molecular weight is 391 g/mol. The summed E-state index contributed by atoms with van der Waals surface area (Å²) in [5.74, 6) is 1.53. The molecule has 0 bridgehead atoms. The van der Waals surface area contributed by atoms with E-state index in [1.54, 1.807) is 38.4 Å². The first-order valence-corrected chi connectivity index (χ1v) is 10.4. The summed E-state index contributed by atoms with van der Waals surface area (Å²) >= 11 is 0. The number of nitrogens with one attached hydrogen (secondary N) is 1. The van der Waals surface area contributed by atoms with Crippen LogP contribution in [0.1, 0.15) is 11.1 Å². The molecule has 1 saturated heterocycles. The smallest absolute Gasteiger partial charge is 0.262 e. The minimum Gasteiger partial charge on any atom is -0.496 e. The molecule has 1 fully saturated rings. The van der Waals surface area contributed by atoms with E-state index >= 15 is 0 Å². The van der Waals surface area contributed by atoms with Gasteiger partial charge in [0.2, 0.25) is 0 Å². The Morgan fingerprint density at radius 2 is 1.78 bits per heavy atom. The van der Waals surface area contributed by atoms with Crippen LogP contribution in [0, 0.1) is 13.8 Å². The number of likely N-dealkylation sites (N-methyl/N-ethyl adjacent to an activating group) is 1. The summed E-state index contributed by atoms with van der Waals surface area (Å²) in [5.41, 5.74) is 1.85. The van der Waals surface area contributed by atoms with Gasteiger partial charge in [0, 0.05) is 26.2 Å². The van der Waals surface area contributed by atoms with E-state index in [4.69, 9.17) is 4.74 Å². The molecule has 1 N–H and O–H groups in total. The first kappa shape index (κ1) is 19.4. The van der Waals surface area contributed by atoms with Crippen molar-refractivity contribution in [2.45, 2.75) is 18.7 Å². The maximum absolute atomic E-state index is 12.8. The zero-order valence-electron chi connectivity index (χ0n) is 16.2. The van der Waals surface area contributed by atoms with Crippen molar-refractivity contribution >= 4 is 21.5 Å². The fraction of sp³-hybridized carbons (Fsp3) is 0.421. The quantitative estimate of drug-likeness (QED) is 0.844. The van der Waals surface area contributed by atoms with Gasteiger partial charge in [-0.2, -0.15) is 0 Å². The van der Waals surface area contributed by atoms with Crippen LogP contribution in [0.3, 0.4) is 0 Å². The second kappa shape index (κ2) is 7.74. The van der Waals surface area contributed by atoms with Gasteiger partial charge in [-0.25, -0.2) is 13.4 Å². The Morgan fingerprint density at radius 1 is 1.07 bits per heavy atom. The molecular weight excluding hydrogens is 364 g/mol. The molecule has 0 atom stereocenters. The molecule has 8 heteroatoms. The molecule has 0 unspecified atom stereocenters. The van der Waals surface area contributed by atoms with Crippen LogP contribution in [0.2, 0.25) is 0 Å². The average Bonchev–Trinajstić information content (AvgIpc) is 2.64. The lowest BCUT2D eigenvalue weighted by molar-refractivity contribution is 0.312. The molecule has 1 aromatic heterocycles. The van der Waals surface area contributed by atoms with Gasteiger partial charge in [-0.05, 0) is 56.3 Å². The topological polar surface area (TPSA) is 74.8 Å². The maximum atomic E-state index is 12.8. The van der Waals surface area contributed by atoms with Gasteiger partial charge >= 0.3 is 0 Å². The van der Waals surface area contributed by atoms with Gasteiger partial charge in [0.25, 0.3) is 10.0 Å². The summed E-state index contributed by atoms with van der Waals surface area (Å²) in [6, 6.07) is 6.97. The Kier molecular flexibility index (Phi) is 5.57. The van der Waals surface area contributed by atoms with Crippen LogP contribution in [0.5, 0.6) is 5.75 Å². The third kappa shape index (κ3) is 4.33. The zero-order valence-corrected chi connectivity index (χ0v) is 17.0. The monoisotopic (exact) mass is 390 g/mol. The predicted octanol–water partition coefficient (Wildman–Crippen LogP) is 2.26. The van der Waals surface area contributed by atoms with Crippen LogP contribution in [0.15, 0.2) is 35.4 Å². The lowest BCUT2D eigenvalue weighted by atomic mass is 10.1. The number of hydrogen-bond acceptors (Lipinski definition) is 6. The molecule has 2 heterocycles. The highest BCUT2D eigenvalue weighted by Gasteiger charge is 2.20. The number of rotatable bonds is 5. The summed E-state index contributed by atoms with van der Waals surface area (Å²) in [6.45, 7) is 7.39. The van der Waals surface area contributed by atoms with E-state index in [1.165, 1.54) is 0 Å². The molecule has 0 radical (unpaired) electrons. The predicted molar refractivity (Wildman–Crippen MR) is 107 cm³/mol. The van der Waals surface area contributed by atoms with Crippen molar-refractivity contribution in [2.75, 3.05) is 50.0 Å². The first-order chi connectivity index (χ1) is 12.8. The van der Waals surface area contributed by atoms with Gasteiger partial charge in [-0.3, -0.25) is 4.72 Å². The highest BCUT2D eigenvalue weighted by atomic mass is 32.2. The van der Waals surface area contributed by atoms with Gasteiger partial charge in [0.05, 0.1) is 23.9 Å². The number of benzene rings is 1. The van der Waals surface area contributed by atoms with E-state index in [2.05, 4.69) is 26.6 Å². The number of hydrogen-bond donors (Lipinski definition) is 1. The van der Waals surface area contributed by atoms with Gasteiger partial charge in [0.1, 0.15) is 11.6 Å². The minimum atomic E-state index is -3.70. The molecule has 0 aliphatic carbocycles. The van der Waals surface area contributed by atoms with E-state index < -0.39 is 10.0 Å². The molecule has 1 aliphatic rings. The molecule has 0 amide bonds. The number of ether oxygens (including phenoxy) is 1. The normalized spacial score (nSPS) is 15.6. The van der Waals surface area contributed by atoms with Crippen molar-refractivity contribution < 1.29 is 13.2 Å². The van der Waals surface area contributed by atoms with Gasteiger partial charge in [-0.1, -0.05) is 0 Å². The highest BCUT2D eigenvalue weighted by Crippen LogP contribution is 2.27. The number of aryl methyl sites for hydroxylation is 2. The molecule has 27 heavy (non-hydrogen) atoms. The largest absolute Gasteiger partial charge is 0.496 e. The molecule has 146 valence electrons. The Labute approximate surface area is 161 Å². The van der Waals surface area contributed by atoms with Crippen molar-refractivity contribution in [2.24, 2.45) is 0 Å². The van der Waals surface area contributed by atoms with Crippen molar-refractivity contribution in [1.29, 1.82) is 0 Å². The number of sulfonamides is 1. The number of piperazine rings is 1. The molecule has 0 saturated carbocycles. The van der Waals surface area contributed by atoms with Crippen molar-refractivity contribution in [1.82, 2.24) is 9.88 Å². The van der Waals surface area contributed by atoms with E-state index in [9.17, 15) is 8.42 Å². The standard InChI is InChI=1S/C19H26N4O3S/c1-14-12-18(15(2)11-17(14)26-4)27(24,25)21-16-5-6-19(20-13-16)23-9-7-22(3)8-10-23/h5-6,11-13,21H,7-10H2,1-4H3. The van der Waals surface area contributed by atoms with Gasteiger partial charge in [0.15, 0.2) is 0 Å². The number of methoxy groups -OCH3 is 1. The molecule has 2 aromatic rings. The summed E-state index contributed by atoms with van der Waals surface area (Å²) in [7, 11) is -0.0284. The molecule has 7 nitrogen and oxygen atoms in total. The summed E-state index contributed by atoms with van der Waals surface area (Å²) in [5, 5.41) is 0. The van der Waals surface area contributed by atoms with Crippen LogP contribution in [-0.4, -0.2) is 58.6 Å². The minimum absolute atomic E-state index is 0.240. The Morgan fingerprint density at radius 3 is 2.37 bits per heavy atom. The van der Waals surface area contributed by atoms with E-state index in [-0.39, 0.29) is 4.90 Å². The second-order valence-corrected chi connectivity index (χ2v) is 8.54. The number of aromatic nitrogens is 1. The van der Waals surface area contributed by atoms with Crippen LogP contribution < -0.4 is 14.4 Å². The van der Waals surface area contributed by atoms with Gasteiger partial charge in [-0.15, -0.1) is 0 Å². The fourth-order valence-electron chi connectivity index (χ4n) is 3.15. The van der Waals surface area contributed by atoms with E-state index in [0.29, 0.717) is 17.0 Å². The summed E-state index contributed by atoms with van der Waals surface area (Å²) in [4.78, 5) is 9.15. The first-order valence-electron chi connectivity index (χ1n) is 8.88. The van der Waals surface area contributed by atoms with Crippen LogP contribution >= 0.6 is 0 Å². The van der Waals surface area contributed by atoms with Crippen LogP contribution in [-0.2, 0) is 10.0 Å². The van der Waals surface area contributed by atoms with E-state index in [1.807, 2.05) is 13.0 Å². The zero-order chi connectivity index (χ0) is 19.6. The fourth-order valence-corrected chi connectivity index (χ4v) is 4.51. The third-order valence-electron chi connectivity index (χ3n) is 4.81. The highest BCUT2D eigenvalue weighted by molar-refractivity contribution is 7.92. The molecular formula is C19H26N4O3S. The second-order valence-electron chi connectivity index (χ2n) is 6.89. The van der Waals surface area contributed by atoms with E-state index in [0.717, 1.165) is 37.6 Å². The van der Waals surface area contributed by atoms with Crippen molar-refractivity contribution in [3.63, 3.8) is 0 Å². The van der Waals surface area contributed by atoms with Gasteiger partial charge < -0.3 is 14.5 Å². The number of anilines is 2. The Bertz CT molecular complexity index is 905. The maximum Gasteiger partial charge on any atom is 0.262 e. The number of nitrogens with zero attached hydrogens (tertiary/aromatic N) is 3. The third-order valence-corrected chi connectivity index (χ3v) is 6.33. The molecule has 0 spiro atoms.